The Morgan fingerprint density at radius 1 is 1.43 bits per heavy atom. The van der Waals surface area contributed by atoms with Crippen LogP contribution in [-0.2, 0) is 0 Å². The zero-order chi connectivity index (χ0) is 12.5. The molecule has 14 heavy (non-hydrogen) atoms. The van der Waals surface area contributed by atoms with E-state index in [1.165, 1.54) is 0 Å². The first kappa shape index (κ1) is 8.57. The Morgan fingerprint density at radius 2 is 1.93 bits per heavy atom. The second-order valence-electron chi connectivity index (χ2n) is 3.24. The fourth-order valence-electron chi connectivity index (χ4n) is 1.04. The highest BCUT2D eigenvalue weighted by Crippen LogP contribution is 2.22. The van der Waals surface area contributed by atoms with Crippen LogP contribution in [0.4, 0.5) is 0 Å². The van der Waals surface area contributed by atoms with Gasteiger partial charge in [-0.15, -0.1) is 12.4 Å². The molecule has 0 aliphatic rings. The molecule has 0 amide bonds. The largest absolute Gasteiger partial charge is 0.491 e. The van der Waals surface area contributed by atoms with Crippen molar-refractivity contribution >= 4 is 12.4 Å². The maximum absolute atomic E-state index is 7.69. The molecule has 0 aromatic heterocycles. The molecule has 3 heteroatoms. The number of hydrogen-bond donors (Lipinski definition) is 1. The number of halogens is 1. The highest BCUT2D eigenvalue weighted by atomic mass is 35.5. The molecule has 1 unspecified atom stereocenters. The summed E-state index contributed by atoms with van der Waals surface area (Å²) in [4.78, 5) is 0. The number of ether oxygens (including phenoxy) is 1. The lowest BCUT2D eigenvalue weighted by atomic mass is 10.1. The van der Waals surface area contributed by atoms with Crippen molar-refractivity contribution in [3.8, 4) is 5.75 Å². The van der Waals surface area contributed by atoms with Crippen LogP contribution in [0.3, 0.4) is 0 Å². The topological polar surface area (TPSA) is 35.2 Å². The van der Waals surface area contributed by atoms with Gasteiger partial charge in [0.1, 0.15) is 12.4 Å². The Bertz CT molecular complexity index is 381. The lowest BCUT2D eigenvalue weighted by molar-refractivity contribution is 0.292. The van der Waals surface area contributed by atoms with Gasteiger partial charge < -0.3 is 10.5 Å². The van der Waals surface area contributed by atoms with Gasteiger partial charge >= 0.3 is 0 Å². The fraction of sp³-hybridized carbons (Fsp3) is 0.455. The van der Waals surface area contributed by atoms with Crippen molar-refractivity contribution in [1.29, 1.82) is 0 Å². The van der Waals surface area contributed by atoms with Gasteiger partial charge in [0, 0.05) is 6.04 Å². The number of para-hydroxylation sites is 1. The molecule has 0 saturated carbocycles. The van der Waals surface area contributed by atoms with Crippen LogP contribution in [-0.4, -0.2) is 12.6 Å². The average molecular weight is 219 g/mol. The second-order valence-corrected chi connectivity index (χ2v) is 3.24. The summed E-state index contributed by atoms with van der Waals surface area (Å²) in [6.07, 6.45) is 0. The van der Waals surface area contributed by atoms with Crippen LogP contribution >= 0.6 is 12.4 Å². The molecule has 1 atom stereocenters. The maximum Gasteiger partial charge on any atom is 0.125 e. The molecule has 0 aliphatic carbocycles. The third-order valence-corrected chi connectivity index (χ3v) is 1.67. The van der Waals surface area contributed by atoms with Crippen LogP contribution in [0.2, 0.25) is 0 Å². The van der Waals surface area contributed by atoms with Gasteiger partial charge in [-0.2, -0.15) is 0 Å². The minimum Gasteiger partial charge on any atom is -0.491 e. The molecule has 0 heterocycles. The van der Waals surface area contributed by atoms with Gasteiger partial charge in [-0.3, -0.25) is 0 Å². The normalized spacial score (nSPS) is 14.7. The van der Waals surface area contributed by atoms with Crippen molar-refractivity contribution < 1.29 is 8.85 Å². The van der Waals surface area contributed by atoms with Crippen molar-refractivity contribution in [3.63, 3.8) is 0 Å². The van der Waals surface area contributed by atoms with Crippen molar-refractivity contribution in [2.75, 3.05) is 6.61 Å². The first-order valence-corrected chi connectivity index (χ1v) is 4.31. The summed E-state index contributed by atoms with van der Waals surface area (Å²) in [6, 6.07) is -0.0495. The Kier molecular flexibility index (Phi) is 3.60. The third-order valence-electron chi connectivity index (χ3n) is 1.67. The van der Waals surface area contributed by atoms with Gasteiger partial charge in [0.15, 0.2) is 0 Å². The molecule has 0 radical (unpaired) electrons. The molecular weight excluding hydrogens is 198 g/mol. The predicted octanol–water partition coefficient (Wildman–Crippen LogP) is 2.45. The summed E-state index contributed by atoms with van der Waals surface area (Å²) >= 11 is 0. The van der Waals surface area contributed by atoms with Gasteiger partial charge in [-0.25, -0.2) is 0 Å². The summed E-state index contributed by atoms with van der Waals surface area (Å²) in [6.45, 7) is 5.62. The Hall–Kier alpha value is -0.730. The molecule has 1 aromatic rings. The van der Waals surface area contributed by atoms with E-state index in [0.717, 1.165) is 0 Å². The number of nitrogens with two attached hydrogens (primary N) is 1. The molecule has 2 nitrogen and oxygen atoms in total. The molecule has 80 valence electrons. The van der Waals surface area contributed by atoms with Gasteiger partial charge in [0.25, 0.3) is 0 Å². The zero-order valence-corrected chi connectivity index (χ0v) is 9.49. The number of rotatable bonds is 3. The highest BCUT2D eigenvalue weighted by molar-refractivity contribution is 5.85. The third kappa shape index (κ3) is 3.56. The van der Waals surface area contributed by atoms with E-state index in [4.69, 9.17) is 14.6 Å². The fourth-order valence-corrected chi connectivity index (χ4v) is 1.04. The minimum absolute atomic E-state index is 0. The SMILES string of the molecule is Cl.[2H]c1c([2H])c(C)c(OCC(C)N)c(C)c1[2H]. The van der Waals surface area contributed by atoms with E-state index in [0.29, 0.717) is 23.5 Å². The molecule has 2 N–H and O–H groups in total. The highest BCUT2D eigenvalue weighted by Gasteiger charge is 2.03. The van der Waals surface area contributed by atoms with E-state index in [1.54, 1.807) is 13.8 Å². The molecular formula is C11H18ClNO. The molecule has 0 fully saturated rings. The minimum atomic E-state index is -0.0992. The first-order valence-electron chi connectivity index (χ1n) is 5.81. The lowest BCUT2D eigenvalue weighted by Gasteiger charge is -2.13. The Balaban J connectivity index is 0.00000256. The summed E-state index contributed by atoms with van der Waals surface area (Å²) in [5.74, 6) is 0.517. The molecule has 0 saturated heterocycles. The van der Waals surface area contributed by atoms with E-state index in [-0.39, 0.29) is 36.6 Å². The molecule has 1 rings (SSSR count). The van der Waals surface area contributed by atoms with Crippen LogP contribution in [0.15, 0.2) is 18.1 Å². The van der Waals surface area contributed by atoms with Crippen LogP contribution in [0.1, 0.15) is 22.2 Å². The van der Waals surface area contributed by atoms with E-state index in [9.17, 15) is 0 Å². The first-order chi connectivity index (χ1) is 7.36. The molecule has 0 spiro atoms. The lowest BCUT2D eigenvalue weighted by Crippen LogP contribution is -2.24. The standard InChI is InChI=1S/C11H17NO.ClH/c1-8-5-4-6-9(2)11(8)13-7-10(3)12;/h4-6,10H,7,12H2,1-3H3;1H/i4D,5D,6D;. The van der Waals surface area contributed by atoms with Crippen LogP contribution in [0, 0.1) is 13.8 Å². The van der Waals surface area contributed by atoms with Gasteiger partial charge in [-0.05, 0) is 31.9 Å². The van der Waals surface area contributed by atoms with E-state index < -0.39 is 0 Å². The Labute approximate surface area is 96.1 Å². The van der Waals surface area contributed by atoms with E-state index in [1.807, 2.05) is 6.92 Å². The number of benzene rings is 1. The summed E-state index contributed by atoms with van der Waals surface area (Å²) in [7, 11) is 0. The molecule has 0 bridgehead atoms. The van der Waals surface area contributed by atoms with Crippen LogP contribution in [0.25, 0.3) is 0 Å². The maximum atomic E-state index is 7.69. The summed E-state index contributed by atoms with van der Waals surface area (Å²) in [5, 5.41) is 0. The molecule has 0 aliphatic heterocycles. The van der Waals surface area contributed by atoms with Crippen molar-refractivity contribution in [3.05, 3.63) is 29.3 Å². The zero-order valence-electron chi connectivity index (χ0n) is 11.7. The number of hydrogen-bond acceptors (Lipinski definition) is 2. The smallest absolute Gasteiger partial charge is 0.125 e. The average Bonchev–Trinajstić information content (AvgIpc) is 2.23. The Morgan fingerprint density at radius 3 is 2.36 bits per heavy atom. The van der Waals surface area contributed by atoms with Gasteiger partial charge in [0.2, 0.25) is 0 Å². The van der Waals surface area contributed by atoms with Crippen molar-refractivity contribution in [1.82, 2.24) is 0 Å². The second kappa shape index (κ2) is 5.89. The molecule has 1 aromatic carbocycles. The van der Waals surface area contributed by atoms with Gasteiger partial charge in [-0.1, -0.05) is 18.1 Å². The van der Waals surface area contributed by atoms with Crippen LogP contribution < -0.4 is 10.5 Å². The monoisotopic (exact) mass is 218 g/mol. The van der Waals surface area contributed by atoms with E-state index in [2.05, 4.69) is 0 Å². The predicted molar refractivity (Wildman–Crippen MR) is 62.3 cm³/mol. The van der Waals surface area contributed by atoms with Crippen molar-refractivity contribution in [2.45, 2.75) is 26.8 Å². The summed E-state index contributed by atoms with van der Waals surface area (Å²) < 4.78 is 28.5. The summed E-state index contributed by atoms with van der Waals surface area (Å²) in [5.41, 5.74) is 6.78. The van der Waals surface area contributed by atoms with Crippen molar-refractivity contribution in [2.24, 2.45) is 5.73 Å². The van der Waals surface area contributed by atoms with Crippen LogP contribution in [0.5, 0.6) is 5.75 Å². The quantitative estimate of drug-likeness (QED) is 0.846. The van der Waals surface area contributed by atoms with Gasteiger partial charge in [0.05, 0.1) is 4.11 Å². The van der Waals surface area contributed by atoms with E-state index >= 15 is 0 Å².